The third-order valence-corrected chi connectivity index (χ3v) is 3.89. The van der Waals surface area contributed by atoms with Crippen LogP contribution in [0.15, 0.2) is 23.2 Å². The van der Waals surface area contributed by atoms with Crippen LogP contribution in [0.5, 0.6) is 5.75 Å². The molecule has 0 aliphatic heterocycles. The molecule has 0 aromatic heterocycles. The van der Waals surface area contributed by atoms with Crippen molar-refractivity contribution < 1.29 is 18.3 Å². The second-order valence-corrected chi connectivity index (χ2v) is 6.25. The van der Waals surface area contributed by atoms with E-state index in [1.807, 2.05) is 6.92 Å². The van der Waals surface area contributed by atoms with Crippen molar-refractivity contribution in [1.29, 1.82) is 0 Å². The van der Waals surface area contributed by atoms with Crippen LogP contribution in [0.25, 0.3) is 0 Å². The van der Waals surface area contributed by atoms with E-state index in [1.165, 1.54) is 12.1 Å². The van der Waals surface area contributed by atoms with E-state index >= 15 is 0 Å². The van der Waals surface area contributed by atoms with E-state index in [0.717, 1.165) is 12.8 Å². The molecule has 0 atom stereocenters. The van der Waals surface area contributed by atoms with Crippen molar-refractivity contribution in [3.8, 4) is 5.75 Å². The molecule has 0 spiro atoms. The van der Waals surface area contributed by atoms with E-state index in [9.17, 15) is 13.6 Å². The Balaban J connectivity index is 0.00000364. The Morgan fingerprint density at radius 3 is 2.63 bits per heavy atom. The van der Waals surface area contributed by atoms with Gasteiger partial charge in [-0.3, -0.25) is 4.79 Å². The number of halogens is 4. The number of nitrogens with one attached hydrogen (secondary N) is 3. The molecule has 6 nitrogen and oxygen atoms in total. The van der Waals surface area contributed by atoms with E-state index in [0.29, 0.717) is 36.2 Å². The monoisotopic (exact) mass is 516 g/mol. The van der Waals surface area contributed by atoms with Gasteiger partial charge in [0.15, 0.2) is 5.96 Å². The molecule has 1 saturated carbocycles. The lowest BCUT2D eigenvalue weighted by molar-refractivity contribution is -0.122. The average molecular weight is 517 g/mol. The van der Waals surface area contributed by atoms with Gasteiger partial charge >= 0.3 is 6.61 Å². The fraction of sp³-hybridized carbons (Fsp3) is 0.529. The van der Waals surface area contributed by atoms with Crippen molar-refractivity contribution in [3.63, 3.8) is 0 Å². The predicted molar refractivity (Wildman–Crippen MR) is 112 cm³/mol. The molecule has 3 N–H and O–H groups in total. The zero-order valence-corrected chi connectivity index (χ0v) is 18.0. The number of aliphatic imine (C=N–C) groups is 1. The summed E-state index contributed by atoms with van der Waals surface area (Å²) in [7, 11) is 0. The van der Waals surface area contributed by atoms with Crippen molar-refractivity contribution in [2.75, 3.05) is 19.6 Å². The summed E-state index contributed by atoms with van der Waals surface area (Å²) in [4.78, 5) is 15.9. The van der Waals surface area contributed by atoms with Gasteiger partial charge in [0.05, 0.1) is 6.54 Å². The Morgan fingerprint density at radius 2 is 2.00 bits per heavy atom. The lowest BCUT2D eigenvalue weighted by Gasteiger charge is -2.13. The van der Waals surface area contributed by atoms with E-state index in [4.69, 9.17) is 11.6 Å². The van der Waals surface area contributed by atoms with Gasteiger partial charge in [-0.15, -0.1) is 24.0 Å². The number of alkyl halides is 2. The number of guanidine groups is 1. The van der Waals surface area contributed by atoms with Crippen LogP contribution in [0, 0.1) is 5.92 Å². The van der Waals surface area contributed by atoms with E-state index < -0.39 is 6.61 Å². The Hall–Kier alpha value is -1.36. The van der Waals surface area contributed by atoms with Crippen LogP contribution in [-0.2, 0) is 11.3 Å². The smallest absolute Gasteiger partial charge is 0.387 e. The van der Waals surface area contributed by atoms with E-state index in [1.54, 1.807) is 6.07 Å². The maximum atomic E-state index is 12.5. The van der Waals surface area contributed by atoms with Gasteiger partial charge in [-0.2, -0.15) is 8.78 Å². The Morgan fingerprint density at radius 1 is 1.30 bits per heavy atom. The summed E-state index contributed by atoms with van der Waals surface area (Å²) in [6, 6.07) is 4.42. The number of carbonyl (C=O) groups excluding carboxylic acids is 1. The van der Waals surface area contributed by atoms with Gasteiger partial charge in [-0.25, -0.2) is 4.99 Å². The summed E-state index contributed by atoms with van der Waals surface area (Å²) in [5, 5.41) is 9.40. The summed E-state index contributed by atoms with van der Waals surface area (Å²) in [5.74, 6) is 0.811. The minimum Gasteiger partial charge on any atom is -0.434 e. The summed E-state index contributed by atoms with van der Waals surface area (Å²) in [6.07, 6.45) is 1.93. The maximum absolute atomic E-state index is 12.5. The Bertz CT molecular complexity index is 645. The summed E-state index contributed by atoms with van der Waals surface area (Å²) >= 11 is 5.93. The third kappa shape index (κ3) is 8.91. The molecular weight excluding hydrogens is 493 g/mol. The summed E-state index contributed by atoms with van der Waals surface area (Å²) in [6.45, 7) is 0.733. The highest BCUT2D eigenvalue weighted by Gasteiger charge is 2.28. The highest BCUT2D eigenvalue weighted by molar-refractivity contribution is 14.0. The van der Waals surface area contributed by atoms with Crippen LogP contribution in [0.2, 0.25) is 5.02 Å². The summed E-state index contributed by atoms with van der Waals surface area (Å²) in [5.41, 5.74) is 0.456. The van der Waals surface area contributed by atoms with Crippen LogP contribution in [0.1, 0.15) is 25.3 Å². The third-order valence-electron chi connectivity index (χ3n) is 3.66. The fourth-order valence-electron chi connectivity index (χ4n) is 2.24. The van der Waals surface area contributed by atoms with Crippen molar-refractivity contribution in [1.82, 2.24) is 16.0 Å². The molecule has 0 radical (unpaired) electrons. The first kappa shape index (κ1) is 23.7. The Labute approximate surface area is 179 Å². The van der Waals surface area contributed by atoms with Gasteiger partial charge in [0.2, 0.25) is 5.91 Å². The van der Waals surface area contributed by atoms with Crippen LogP contribution in [-0.4, -0.2) is 38.1 Å². The van der Waals surface area contributed by atoms with Crippen molar-refractivity contribution in [2.24, 2.45) is 10.9 Å². The highest BCUT2D eigenvalue weighted by atomic mass is 127. The predicted octanol–water partition coefficient (Wildman–Crippen LogP) is 3.14. The molecule has 10 heteroatoms. The first-order chi connectivity index (χ1) is 12.5. The quantitative estimate of drug-likeness (QED) is 0.204. The molecule has 0 unspecified atom stereocenters. The number of hydrogen-bond acceptors (Lipinski definition) is 3. The van der Waals surface area contributed by atoms with Crippen molar-refractivity contribution >= 4 is 47.4 Å². The van der Waals surface area contributed by atoms with Gasteiger partial charge < -0.3 is 20.7 Å². The lowest BCUT2D eigenvalue weighted by Crippen LogP contribution is -2.41. The minimum absolute atomic E-state index is 0. The maximum Gasteiger partial charge on any atom is 0.387 e. The van der Waals surface area contributed by atoms with Crippen LogP contribution in [0.3, 0.4) is 0 Å². The van der Waals surface area contributed by atoms with Gasteiger partial charge in [-0.05, 0) is 38.0 Å². The topological polar surface area (TPSA) is 74.8 Å². The highest BCUT2D eigenvalue weighted by Crippen LogP contribution is 2.28. The van der Waals surface area contributed by atoms with Crippen molar-refractivity contribution in [2.45, 2.75) is 32.9 Å². The fourth-order valence-corrected chi connectivity index (χ4v) is 2.44. The molecule has 0 heterocycles. The minimum atomic E-state index is -2.92. The van der Waals surface area contributed by atoms with Crippen LogP contribution >= 0.6 is 35.6 Å². The number of benzene rings is 1. The molecule has 0 bridgehead atoms. The van der Waals surface area contributed by atoms with Crippen LogP contribution in [0.4, 0.5) is 8.78 Å². The van der Waals surface area contributed by atoms with Crippen molar-refractivity contribution in [3.05, 3.63) is 28.8 Å². The molecule has 1 aromatic carbocycles. The van der Waals surface area contributed by atoms with E-state index in [2.05, 4.69) is 25.7 Å². The molecule has 1 aliphatic carbocycles. The standard InChI is InChI=1S/C17H23ClF2N4O2.HI/c1-2-21-17(23-8-7-22-15(25)11-3-4-11)24-10-12-9-13(18)5-6-14(12)26-16(19)20;/h5-6,9,11,16H,2-4,7-8,10H2,1H3,(H,22,25)(H2,21,23,24);1H. The molecule has 27 heavy (non-hydrogen) atoms. The van der Waals surface area contributed by atoms with Gasteiger partial charge in [-0.1, -0.05) is 11.6 Å². The second kappa shape index (κ2) is 12.2. The molecule has 0 saturated heterocycles. The van der Waals surface area contributed by atoms with E-state index in [-0.39, 0.29) is 48.1 Å². The number of carbonyl (C=O) groups is 1. The summed E-state index contributed by atoms with van der Waals surface area (Å²) < 4.78 is 29.5. The second-order valence-electron chi connectivity index (χ2n) is 5.82. The number of hydrogen-bond donors (Lipinski definition) is 3. The molecule has 1 aliphatic rings. The lowest BCUT2D eigenvalue weighted by atomic mass is 10.2. The first-order valence-electron chi connectivity index (χ1n) is 8.52. The van der Waals surface area contributed by atoms with Crippen LogP contribution < -0.4 is 20.7 Å². The molecule has 2 rings (SSSR count). The molecule has 1 aromatic rings. The van der Waals surface area contributed by atoms with Gasteiger partial charge in [0.25, 0.3) is 0 Å². The largest absolute Gasteiger partial charge is 0.434 e. The molecule has 152 valence electrons. The number of nitrogens with zero attached hydrogens (tertiary/aromatic N) is 1. The first-order valence-corrected chi connectivity index (χ1v) is 8.90. The molecule has 1 amide bonds. The number of rotatable bonds is 9. The zero-order chi connectivity index (χ0) is 18.9. The van der Waals surface area contributed by atoms with Gasteiger partial charge in [0.1, 0.15) is 5.75 Å². The normalized spacial score (nSPS) is 13.7. The Kier molecular flexibility index (Phi) is 10.7. The number of ether oxygens (including phenoxy) is 1. The molecular formula is C17H24ClF2IN4O2. The number of amides is 1. The SMILES string of the molecule is CCNC(=NCc1cc(Cl)ccc1OC(F)F)NCCNC(=O)C1CC1.I. The van der Waals surface area contributed by atoms with Gasteiger partial charge in [0, 0.05) is 36.1 Å². The average Bonchev–Trinajstić information content (AvgIpc) is 3.43. The molecule has 1 fully saturated rings. The zero-order valence-electron chi connectivity index (χ0n) is 14.9.